The normalized spacial score (nSPS) is 12.0. The van der Waals surface area contributed by atoms with E-state index in [-0.39, 0.29) is 18.2 Å². The van der Waals surface area contributed by atoms with Crippen LogP contribution in [0.5, 0.6) is 11.6 Å². The number of alkyl halides is 3. The topological polar surface area (TPSA) is 52.5 Å². The third-order valence-corrected chi connectivity index (χ3v) is 3.67. The Morgan fingerprint density at radius 2 is 2.05 bits per heavy atom. The van der Waals surface area contributed by atoms with Gasteiger partial charge in [-0.25, -0.2) is 0 Å². The highest BCUT2D eigenvalue weighted by molar-refractivity contribution is 7.15. The van der Waals surface area contributed by atoms with Crippen LogP contribution in [0.1, 0.15) is 11.3 Å². The van der Waals surface area contributed by atoms with Crippen LogP contribution in [0.2, 0.25) is 0 Å². The zero-order valence-electron chi connectivity index (χ0n) is 10.6. The van der Waals surface area contributed by atoms with Crippen molar-refractivity contribution in [2.45, 2.75) is 12.7 Å². The summed E-state index contributed by atoms with van der Waals surface area (Å²) in [5.41, 5.74) is 5.33. The van der Waals surface area contributed by atoms with Crippen LogP contribution in [0.3, 0.4) is 0 Å². The number of nitrogens with two attached hydrogens (primary N) is 1. The number of hydrogen-bond acceptors (Lipinski definition) is 4. The number of fused-ring (bicyclic) bond motifs is 1. The molecule has 0 aliphatic rings. The molecule has 8 heteroatoms. The smallest absolute Gasteiger partial charge is 0.419 e. The van der Waals surface area contributed by atoms with E-state index < -0.39 is 11.7 Å². The first-order chi connectivity index (χ1) is 10.0. The fourth-order valence-electron chi connectivity index (χ4n) is 1.97. The zero-order valence-corrected chi connectivity index (χ0v) is 11.4. The maximum Gasteiger partial charge on any atom is 0.419 e. The van der Waals surface area contributed by atoms with Gasteiger partial charge in [-0.05, 0) is 12.1 Å². The third kappa shape index (κ3) is 2.47. The number of imidazole rings is 1. The van der Waals surface area contributed by atoms with Crippen molar-refractivity contribution in [2.24, 2.45) is 5.73 Å². The van der Waals surface area contributed by atoms with E-state index in [0.717, 1.165) is 6.07 Å². The van der Waals surface area contributed by atoms with E-state index in [4.69, 9.17) is 10.5 Å². The van der Waals surface area contributed by atoms with Crippen molar-refractivity contribution in [2.75, 3.05) is 0 Å². The van der Waals surface area contributed by atoms with E-state index in [1.165, 1.54) is 29.5 Å². The zero-order chi connectivity index (χ0) is 15.0. The van der Waals surface area contributed by atoms with Gasteiger partial charge < -0.3 is 10.5 Å². The molecule has 21 heavy (non-hydrogen) atoms. The standard InChI is InChI=1S/C13H10F3N3OS/c14-13(15,16)8-3-1-2-4-10(8)20-11-9(7-17)19-5-6-21-12(19)18-11/h1-6H,7,17H2. The lowest BCUT2D eigenvalue weighted by atomic mass is 10.2. The second-order valence-electron chi connectivity index (χ2n) is 4.22. The number of hydrogen-bond donors (Lipinski definition) is 1. The Kier molecular flexibility index (Phi) is 3.34. The summed E-state index contributed by atoms with van der Waals surface area (Å²) in [6.07, 6.45) is -2.74. The van der Waals surface area contributed by atoms with Gasteiger partial charge in [0.25, 0.3) is 0 Å². The van der Waals surface area contributed by atoms with Gasteiger partial charge in [0, 0.05) is 18.1 Å². The molecular formula is C13H10F3N3OS. The first-order valence-electron chi connectivity index (χ1n) is 5.99. The van der Waals surface area contributed by atoms with Crippen LogP contribution < -0.4 is 10.5 Å². The molecule has 110 valence electrons. The molecule has 0 saturated carbocycles. The lowest BCUT2D eigenvalue weighted by Crippen LogP contribution is -2.08. The van der Waals surface area contributed by atoms with E-state index in [1.54, 1.807) is 10.6 Å². The summed E-state index contributed by atoms with van der Waals surface area (Å²) in [7, 11) is 0. The molecule has 0 atom stereocenters. The Morgan fingerprint density at radius 3 is 2.76 bits per heavy atom. The number of para-hydroxylation sites is 1. The molecule has 2 heterocycles. The molecule has 0 spiro atoms. The molecule has 0 saturated heterocycles. The number of rotatable bonds is 3. The van der Waals surface area contributed by atoms with Crippen molar-refractivity contribution in [3.63, 3.8) is 0 Å². The molecule has 2 aromatic heterocycles. The molecule has 4 nitrogen and oxygen atoms in total. The van der Waals surface area contributed by atoms with Gasteiger partial charge in [-0.15, -0.1) is 11.3 Å². The molecule has 3 aromatic rings. The predicted molar refractivity (Wildman–Crippen MR) is 72.5 cm³/mol. The van der Waals surface area contributed by atoms with Crippen LogP contribution in [0.15, 0.2) is 35.8 Å². The molecule has 2 N–H and O–H groups in total. The van der Waals surface area contributed by atoms with Gasteiger partial charge in [-0.1, -0.05) is 12.1 Å². The van der Waals surface area contributed by atoms with E-state index in [0.29, 0.717) is 10.7 Å². The molecule has 0 aliphatic heterocycles. The summed E-state index contributed by atoms with van der Waals surface area (Å²) in [5.74, 6) is -0.188. The maximum atomic E-state index is 12.9. The molecule has 1 aromatic carbocycles. The van der Waals surface area contributed by atoms with Crippen LogP contribution in [0.4, 0.5) is 13.2 Å². The molecule has 0 unspecified atom stereocenters. The molecule has 0 radical (unpaired) electrons. The minimum absolute atomic E-state index is 0.0982. The van der Waals surface area contributed by atoms with Gasteiger partial charge in [0.15, 0.2) is 4.96 Å². The van der Waals surface area contributed by atoms with Crippen LogP contribution in [0.25, 0.3) is 4.96 Å². The van der Waals surface area contributed by atoms with E-state index in [2.05, 4.69) is 4.98 Å². The lowest BCUT2D eigenvalue weighted by Gasteiger charge is -2.12. The van der Waals surface area contributed by atoms with Crippen molar-refractivity contribution in [3.05, 3.63) is 47.1 Å². The second-order valence-corrected chi connectivity index (χ2v) is 5.09. The molecular weight excluding hydrogens is 303 g/mol. The highest BCUT2D eigenvalue weighted by Crippen LogP contribution is 2.38. The van der Waals surface area contributed by atoms with Gasteiger partial charge in [-0.2, -0.15) is 18.2 Å². The number of halogens is 3. The maximum absolute atomic E-state index is 12.9. The van der Waals surface area contributed by atoms with Gasteiger partial charge >= 0.3 is 6.18 Å². The second kappa shape index (κ2) is 5.05. The Balaban J connectivity index is 2.05. The van der Waals surface area contributed by atoms with Gasteiger partial charge in [0.05, 0.1) is 5.56 Å². The summed E-state index contributed by atoms with van der Waals surface area (Å²) in [6, 6.07) is 5.02. The van der Waals surface area contributed by atoms with Crippen molar-refractivity contribution in [1.29, 1.82) is 0 Å². The van der Waals surface area contributed by atoms with Crippen LogP contribution in [-0.2, 0) is 12.7 Å². The number of ether oxygens (including phenoxy) is 1. The first kappa shape index (κ1) is 13.9. The molecule has 0 bridgehead atoms. The third-order valence-electron chi connectivity index (χ3n) is 2.92. The first-order valence-corrected chi connectivity index (χ1v) is 6.87. The summed E-state index contributed by atoms with van der Waals surface area (Å²) in [6.45, 7) is 0.113. The van der Waals surface area contributed by atoms with E-state index in [1.807, 2.05) is 5.38 Å². The highest BCUT2D eigenvalue weighted by atomic mass is 32.1. The molecule has 0 amide bonds. The van der Waals surface area contributed by atoms with E-state index >= 15 is 0 Å². The Bertz CT molecular complexity index is 778. The SMILES string of the molecule is NCc1c(Oc2ccccc2C(F)(F)F)nc2sccn12. The fraction of sp³-hybridized carbons (Fsp3) is 0.154. The Morgan fingerprint density at radius 1 is 1.29 bits per heavy atom. The van der Waals surface area contributed by atoms with Crippen LogP contribution >= 0.6 is 11.3 Å². The number of nitrogens with zero attached hydrogens (tertiary/aromatic N) is 2. The van der Waals surface area contributed by atoms with Gasteiger partial charge in [-0.3, -0.25) is 4.40 Å². The lowest BCUT2D eigenvalue weighted by molar-refractivity contribution is -0.138. The van der Waals surface area contributed by atoms with E-state index in [9.17, 15) is 13.2 Å². The average molecular weight is 313 g/mol. The highest BCUT2D eigenvalue weighted by Gasteiger charge is 2.34. The average Bonchev–Trinajstić information content (AvgIpc) is 2.98. The Labute approximate surface area is 121 Å². The van der Waals surface area contributed by atoms with Gasteiger partial charge in [0.2, 0.25) is 5.88 Å². The predicted octanol–water partition coefficient (Wildman–Crippen LogP) is 3.67. The van der Waals surface area contributed by atoms with Crippen molar-refractivity contribution >= 4 is 16.3 Å². The minimum Gasteiger partial charge on any atom is -0.437 e. The Hall–Kier alpha value is -2.06. The minimum atomic E-state index is -4.49. The van der Waals surface area contributed by atoms with Crippen LogP contribution in [-0.4, -0.2) is 9.38 Å². The van der Waals surface area contributed by atoms with Crippen LogP contribution in [0, 0.1) is 0 Å². The molecule has 3 rings (SSSR count). The van der Waals surface area contributed by atoms with Crippen molar-refractivity contribution in [1.82, 2.24) is 9.38 Å². The number of benzene rings is 1. The van der Waals surface area contributed by atoms with Crippen molar-refractivity contribution in [3.8, 4) is 11.6 Å². The number of thiazole rings is 1. The monoisotopic (exact) mass is 313 g/mol. The summed E-state index contributed by atoms with van der Waals surface area (Å²) >= 11 is 1.35. The number of aromatic nitrogens is 2. The summed E-state index contributed by atoms with van der Waals surface area (Å²) in [5, 5.41) is 1.81. The summed E-state index contributed by atoms with van der Waals surface area (Å²) < 4.78 is 45.9. The quantitative estimate of drug-likeness (QED) is 0.803. The summed E-state index contributed by atoms with van der Waals surface area (Å²) in [4.78, 5) is 4.79. The fourth-order valence-corrected chi connectivity index (χ4v) is 2.70. The molecule has 0 fully saturated rings. The largest absolute Gasteiger partial charge is 0.437 e. The molecule has 0 aliphatic carbocycles. The van der Waals surface area contributed by atoms with Crippen molar-refractivity contribution < 1.29 is 17.9 Å². The van der Waals surface area contributed by atoms with Gasteiger partial charge in [0.1, 0.15) is 11.4 Å².